The summed E-state index contributed by atoms with van der Waals surface area (Å²) in [6, 6.07) is 2.16. The van der Waals surface area contributed by atoms with Gasteiger partial charge < -0.3 is 4.90 Å². The third-order valence-corrected chi connectivity index (χ3v) is 7.19. The Morgan fingerprint density at radius 1 is 1.22 bits per heavy atom. The molecular weight excluding hydrogens is 364 g/mol. The van der Waals surface area contributed by atoms with Gasteiger partial charge in [-0.15, -0.1) is 0 Å². The Kier molecular flexibility index (Phi) is 5.73. The fraction of sp³-hybridized carbons (Fsp3) is 0.667. The number of sulfonamides is 1. The summed E-state index contributed by atoms with van der Waals surface area (Å²) in [6.45, 7) is 6.25. The summed E-state index contributed by atoms with van der Waals surface area (Å²) in [5, 5.41) is 8.95. The largest absolute Gasteiger partial charge is 0.304 e. The molecule has 0 bridgehead atoms. The molecule has 0 spiro atoms. The molecule has 8 nitrogen and oxygen atoms in total. The predicted molar refractivity (Wildman–Crippen MR) is 104 cm³/mol. The molecule has 3 heterocycles. The van der Waals surface area contributed by atoms with Gasteiger partial charge in [-0.25, -0.2) is 8.42 Å². The Balaban J connectivity index is 1.70. The lowest BCUT2D eigenvalue weighted by molar-refractivity contribution is 0.315. The lowest BCUT2D eigenvalue weighted by Crippen LogP contribution is -2.38. The van der Waals surface area contributed by atoms with E-state index in [1.165, 1.54) is 5.69 Å². The van der Waals surface area contributed by atoms with Crippen LogP contribution in [-0.4, -0.2) is 64.4 Å². The highest BCUT2D eigenvalue weighted by atomic mass is 32.2. The fourth-order valence-corrected chi connectivity index (χ4v) is 5.29. The van der Waals surface area contributed by atoms with Gasteiger partial charge in [-0.05, 0) is 46.9 Å². The van der Waals surface area contributed by atoms with E-state index in [1.54, 1.807) is 22.1 Å². The van der Waals surface area contributed by atoms with Gasteiger partial charge in [0.25, 0.3) is 0 Å². The molecule has 0 aromatic carbocycles. The van der Waals surface area contributed by atoms with Crippen molar-refractivity contribution in [2.24, 2.45) is 7.05 Å². The topological polar surface area (TPSA) is 76.3 Å². The average Bonchev–Trinajstić information content (AvgIpc) is 3.18. The first-order chi connectivity index (χ1) is 12.7. The minimum Gasteiger partial charge on any atom is -0.304 e. The Labute approximate surface area is 161 Å². The summed E-state index contributed by atoms with van der Waals surface area (Å²) in [5.74, 6) is 0.304. The van der Waals surface area contributed by atoms with E-state index in [9.17, 15) is 8.42 Å². The van der Waals surface area contributed by atoms with Gasteiger partial charge in [0.2, 0.25) is 10.0 Å². The molecule has 3 rings (SSSR count). The normalized spacial score (nSPS) is 17.1. The maximum absolute atomic E-state index is 13.0. The number of hydrogen-bond donors (Lipinski definition) is 0. The highest BCUT2D eigenvalue weighted by Gasteiger charge is 2.33. The Bertz CT molecular complexity index is 891. The van der Waals surface area contributed by atoms with Crippen LogP contribution in [0, 0.1) is 6.92 Å². The molecule has 0 atom stereocenters. The molecule has 150 valence electrons. The van der Waals surface area contributed by atoms with Crippen LogP contribution in [0.3, 0.4) is 0 Å². The average molecular weight is 395 g/mol. The van der Waals surface area contributed by atoms with Gasteiger partial charge in [0.15, 0.2) is 0 Å². The molecule has 1 aliphatic heterocycles. The molecule has 0 saturated carbocycles. The number of aromatic nitrogens is 4. The second-order valence-electron chi connectivity index (χ2n) is 7.53. The first-order valence-electron chi connectivity index (χ1n) is 9.44. The Hall–Kier alpha value is -1.71. The first-order valence-corrected chi connectivity index (χ1v) is 10.9. The van der Waals surface area contributed by atoms with Crippen molar-refractivity contribution in [3.63, 3.8) is 0 Å². The lowest BCUT2D eigenvalue weighted by Gasteiger charge is -2.30. The Morgan fingerprint density at radius 3 is 2.44 bits per heavy atom. The number of nitrogens with zero attached hydrogens (tertiary/aromatic N) is 6. The van der Waals surface area contributed by atoms with Gasteiger partial charge in [0.1, 0.15) is 4.90 Å². The van der Waals surface area contributed by atoms with Crippen LogP contribution in [0.4, 0.5) is 0 Å². The molecule has 27 heavy (non-hydrogen) atoms. The zero-order chi connectivity index (χ0) is 19.8. The molecule has 0 amide bonds. The van der Waals surface area contributed by atoms with Crippen LogP contribution in [0.2, 0.25) is 0 Å². The van der Waals surface area contributed by atoms with Gasteiger partial charge in [0, 0.05) is 45.3 Å². The SMILES string of the molecule is CCn1cc(S(=O)(=O)N2CCC(c3cc(CN(C)C)n(C)n3)CC2)c(C)n1. The maximum Gasteiger partial charge on any atom is 0.246 e. The highest BCUT2D eigenvalue weighted by Crippen LogP contribution is 2.31. The van der Waals surface area contributed by atoms with Crippen molar-refractivity contribution in [3.8, 4) is 0 Å². The van der Waals surface area contributed by atoms with Crippen molar-refractivity contribution in [2.45, 2.75) is 50.6 Å². The van der Waals surface area contributed by atoms with Gasteiger partial charge in [-0.3, -0.25) is 9.36 Å². The summed E-state index contributed by atoms with van der Waals surface area (Å²) in [4.78, 5) is 2.45. The van der Waals surface area contributed by atoms with Gasteiger partial charge >= 0.3 is 0 Å². The molecule has 2 aromatic heterocycles. The monoisotopic (exact) mass is 394 g/mol. The van der Waals surface area contributed by atoms with Gasteiger partial charge in [0.05, 0.1) is 17.1 Å². The molecule has 1 fully saturated rings. The van der Waals surface area contributed by atoms with Crippen LogP contribution in [0.1, 0.15) is 42.8 Å². The number of piperidine rings is 1. The molecule has 9 heteroatoms. The second kappa shape index (κ2) is 7.73. The van der Waals surface area contributed by atoms with Crippen molar-refractivity contribution in [2.75, 3.05) is 27.2 Å². The first kappa shape index (κ1) is 20.0. The maximum atomic E-state index is 13.0. The van der Waals surface area contributed by atoms with Crippen LogP contribution < -0.4 is 0 Å². The quantitative estimate of drug-likeness (QED) is 0.743. The molecule has 0 N–H and O–H groups in total. The van der Waals surface area contributed by atoms with Crippen molar-refractivity contribution in [1.29, 1.82) is 0 Å². The van der Waals surface area contributed by atoms with E-state index in [2.05, 4.69) is 21.2 Å². The molecule has 1 aliphatic rings. The molecule has 0 aliphatic carbocycles. The van der Waals surface area contributed by atoms with Crippen LogP contribution in [0.5, 0.6) is 0 Å². The van der Waals surface area contributed by atoms with Crippen LogP contribution in [0.25, 0.3) is 0 Å². The zero-order valence-corrected chi connectivity index (χ0v) is 17.7. The lowest BCUT2D eigenvalue weighted by atomic mass is 9.94. The van der Waals surface area contributed by atoms with E-state index in [0.717, 1.165) is 25.1 Å². The van der Waals surface area contributed by atoms with E-state index in [0.29, 0.717) is 36.1 Å². The van der Waals surface area contributed by atoms with Crippen molar-refractivity contribution in [3.05, 3.63) is 29.3 Å². The van der Waals surface area contributed by atoms with Gasteiger partial charge in [-0.2, -0.15) is 14.5 Å². The summed E-state index contributed by atoms with van der Waals surface area (Å²) < 4.78 is 31.2. The summed E-state index contributed by atoms with van der Waals surface area (Å²) in [7, 11) is 2.56. The molecule has 0 unspecified atom stereocenters. The standard InChI is InChI=1S/C18H30N6O2S/c1-6-23-13-18(14(2)19-23)27(25,26)24-9-7-15(8-10-24)17-11-16(12-21(3)4)22(5)20-17/h11,13,15H,6-10,12H2,1-5H3. The third kappa shape index (κ3) is 4.09. The van der Waals surface area contributed by atoms with E-state index in [1.807, 2.05) is 32.7 Å². The second-order valence-corrected chi connectivity index (χ2v) is 9.44. The van der Waals surface area contributed by atoms with Crippen LogP contribution >= 0.6 is 0 Å². The van der Waals surface area contributed by atoms with E-state index >= 15 is 0 Å². The third-order valence-electron chi connectivity index (χ3n) is 5.19. The molecule has 2 aromatic rings. The summed E-state index contributed by atoms with van der Waals surface area (Å²) >= 11 is 0. The minimum atomic E-state index is -3.49. The fourth-order valence-electron chi connectivity index (χ4n) is 3.65. The van der Waals surface area contributed by atoms with Gasteiger partial charge in [-0.1, -0.05) is 0 Å². The highest BCUT2D eigenvalue weighted by molar-refractivity contribution is 7.89. The van der Waals surface area contributed by atoms with Crippen molar-refractivity contribution >= 4 is 10.0 Å². The van der Waals surface area contributed by atoms with Crippen molar-refractivity contribution in [1.82, 2.24) is 28.8 Å². The van der Waals surface area contributed by atoms with Crippen LogP contribution in [-0.2, 0) is 30.2 Å². The number of aryl methyl sites for hydroxylation is 3. The molecule has 0 radical (unpaired) electrons. The van der Waals surface area contributed by atoms with Crippen molar-refractivity contribution < 1.29 is 8.42 Å². The number of rotatable bonds is 6. The minimum absolute atomic E-state index is 0.304. The summed E-state index contributed by atoms with van der Waals surface area (Å²) in [5.41, 5.74) is 2.81. The summed E-state index contributed by atoms with van der Waals surface area (Å²) in [6.07, 6.45) is 3.22. The van der Waals surface area contributed by atoms with E-state index in [-0.39, 0.29) is 0 Å². The predicted octanol–water partition coefficient (Wildman–Crippen LogP) is 1.57. The Morgan fingerprint density at radius 2 is 1.89 bits per heavy atom. The van der Waals surface area contributed by atoms with E-state index < -0.39 is 10.0 Å². The smallest absolute Gasteiger partial charge is 0.246 e. The zero-order valence-electron chi connectivity index (χ0n) is 16.9. The van der Waals surface area contributed by atoms with Crippen LogP contribution in [0.15, 0.2) is 17.2 Å². The number of hydrogen-bond acceptors (Lipinski definition) is 5. The molecular formula is C18H30N6O2S. The molecule has 1 saturated heterocycles. The van der Waals surface area contributed by atoms with E-state index in [4.69, 9.17) is 0 Å².